The van der Waals surface area contributed by atoms with E-state index >= 15 is 0 Å². The maximum atomic E-state index is 12.8. The fourth-order valence-corrected chi connectivity index (χ4v) is 5.32. The molecule has 2 aromatic heterocycles. The largest absolute Gasteiger partial charge is 0.355 e. The predicted octanol–water partition coefficient (Wildman–Crippen LogP) is 6.49. The number of hydrogen-bond acceptors (Lipinski definition) is 5. The third kappa shape index (κ3) is 6.87. The van der Waals surface area contributed by atoms with Crippen molar-refractivity contribution in [3.05, 3.63) is 94.2 Å². The van der Waals surface area contributed by atoms with Gasteiger partial charge in [0.15, 0.2) is 11.0 Å². The quantitative estimate of drug-likeness (QED) is 0.220. The molecule has 0 aliphatic carbocycles. The topological polar surface area (TPSA) is 72.7 Å². The van der Waals surface area contributed by atoms with Gasteiger partial charge in [0.2, 0.25) is 5.91 Å². The van der Waals surface area contributed by atoms with Gasteiger partial charge in [-0.3, -0.25) is 14.3 Å². The zero-order chi connectivity index (χ0) is 25.3. The van der Waals surface area contributed by atoms with Crippen molar-refractivity contribution in [3.8, 4) is 11.4 Å². The number of benzene rings is 2. The first-order chi connectivity index (χ1) is 17.5. The number of aromatic nitrogens is 4. The highest BCUT2D eigenvalue weighted by Crippen LogP contribution is 2.30. The summed E-state index contributed by atoms with van der Waals surface area (Å²) in [5.74, 6) is 1.03. The van der Waals surface area contributed by atoms with Crippen molar-refractivity contribution in [3.63, 3.8) is 0 Å². The molecule has 4 aromatic rings. The van der Waals surface area contributed by atoms with Crippen LogP contribution >= 0.6 is 35.0 Å². The van der Waals surface area contributed by atoms with Gasteiger partial charge in [0.25, 0.3) is 0 Å². The fraction of sp³-hybridized carbons (Fsp3) is 0.259. The lowest BCUT2D eigenvalue weighted by Crippen LogP contribution is -2.30. The summed E-state index contributed by atoms with van der Waals surface area (Å²) in [6.45, 7) is 3.23. The number of carbonyl (C=O) groups excluding carboxylic acids is 1. The lowest BCUT2D eigenvalue weighted by molar-refractivity contribution is -0.118. The van der Waals surface area contributed by atoms with Crippen LogP contribution < -0.4 is 5.32 Å². The zero-order valence-electron chi connectivity index (χ0n) is 19.9. The van der Waals surface area contributed by atoms with Crippen molar-refractivity contribution in [2.75, 3.05) is 12.3 Å². The van der Waals surface area contributed by atoms with Crippen LogP contribution in [-0.4, -0.2) is 38.0 Å². The summed E-state index contributed by atoms with van der Waals surface area (Å²) in [5, 5.41) is 13.8. The number of halogens is 2. The van der Waals surface area contributed by atoms with Gasteiger partial charge in [0.1, 0.15) is 0 Å². The van der Waals surface area contributed by atoms with Crippen molar-refractivity contribution >= 4 is 40.9 Å². The number of hydrogen-bond donors (Lipinski definition) is 1. The predicted molar refractivity (Wildman–Crippen MR) is 147 cm³/mol. The van der Waals surface area contributed by atoms with Gasteiger partial charge in [-0.1, -0.05) is 84.7 Å². The Kier molecular flexibility index (Phi) is 9.39. The van der Waals surface area contributed by atoms with Crippen molar-refractivity contribution in [2.45, 2.75) is 37.4 Å². The van der Waals surface area contributed by atoms with E-state index in [1.807, 2.05) is 47.0 Å². The second kappa shape index (κ2) is 12.9. The molecule has 9 heteroatoms. The molecule has 1 amide bonds. The van der Waals surface area contributed by atoms with Crippen LogP contribution in [0.1, 0.15) is 36.8 Å². The maximum absolute atomic E-state index is 12.8. The molecule has 2 heterocycles. The third-order valence-electron chi connectivity index (χ3n) is 5.76. The summed E-state index contributed by atoms with van der Waals surface area (Å²) < 4.78 is 2.04. The average molecular weight is 541 g/mol. The van der Waals surface area contributed by atoms with Gasteiger partial charge in [-0.2, -0.15) is 0 Å². The minimum absolute atomic E-state index is 0.0640. The van der Waals surface area contributed by atoms with Crippen LogP contribution in [0.2, 0.25) is 10.0 Å². The Morgan fingerprint density at radius 1 is 1.06 bits per heavy atom. The molecular formula is C27H27Cl2N5OS. The van der Waals surface area contributed by atoms with Gasteiger partial charge in [-0.25, -0.2) is 0 Å². The van der Waals surface area contributed by atoms with Crippen LogP contribution in [0.15, 0.2) is 78.2 Å². The molecule has 0 aliphatic rings. The van der Waals surface area contributed by atoms with Crippen LogP contribution in [0.4, 0.5) is 0 Å². The highest BCUT2D eigenvalue weighted by atomic mass is 35.5. The molecule has 0 fully saturated rings. The van der Waals surface area contributed by atoms with Crippen molar-refractivity contribution in [2.24, 2.45) is 0 Å². The Hall–Kier alpha value is -2.87. The molecule has 4 rings (SSSR count). The van der Waals surface area contributed by atoms with Gasteiger partial charge in [-0.05, 0) is 41.8 Å². The molecule has 0 saturated heterocycles. The molecule has 0 bridgehead atoms. The normalized spacial score (nSPS) is 11.9. The van der Waals surface area contributed by atoms with Crippen LogP contribution in [0.5, 0.6) is 0 Å². The lowest BCUT2D eigenvalue weighted by atomic mass is 9.94. The van der Waals surface area contributed by atoms with Crippen molar-refractivity contribution in [1.82, 2.24) is 25.1 Å². The molecule has 0 aliphatic heterocycles. The number of pyridine rings is 1. The molecule has 0 saturated carbocycles. The van der Waals surface area contributed by atoms with Gasteiger partial charge in [0, 0.05) is 40.5 Å². The van der Waals surface area contributed by atoms with Crippen molar-refractivity contribution < 1.29 is 4.79 Å². The molecule has 6 nitrogen and oxygen atoms in total. The Morgan fingerprint density at radius 2 is 1.83 bits per heavy atom. The molecule has 1 N–H and O–H groups in total. The fourth-order valence-electron chi connectivity index (χ4n) is 3.99. The van der Waals surface area contributed by atoms with Crippen LogP contribution in [0.25, 0.3) is 11.4 Å². The highest BCUT2D eigenvalue weighted by molar-refractivity contribution is 7.99. The first kappa shape index (κ1) is 26.2. The van der Waals surface area contributed by atoms with Gasteiger partial charge >= 0.3 is 0 Å². The van der Waals surface area contributed by atoms with Crippen molar-refractivity contribution in [1.29, 1.82) is 0 Å². The van der Waals surface area contributed by atoms with E-state index in [1.54, 1.807) is 18.5 Å². The second-order valence-electron chi connectivity index (χ2n) is 8.36. The molecular weight excluding hydrogens is 513 g/mol. The van der Waals surface area contributed by atoms with E-state index in [-0.39, 0.29) is 17.6 Å². The number of thioether (sulfide) groups is 1. The monoisotopic (exact) mass is 539 g/mol. The molecule has 0 radical (unpaired) electrons. The summed E-state index contributed by atoms with van der Waals surface area (Å²) in [4.78, 5) is 16.9. The zero-order valence-corrected chi connectivity index (χ0v) is 22.2. The SMILES string of the molecule is CCCC(CNC(=O)CSc1nnc(-c2ccncc2)n1Cc1ccccc1)c1ccc(Cl)cc1Cl. The van der Waals surface area contributed by atoms with E-state index in [1.165, 1.54) is 11.8 Å². The van der Waals surface area contributed by atoms with Crippen LogP contribution in [0, 0.1) is 0 Å². The second-order valence-corrected chi connectivity index (χ2v) is 10.1. The van der Waals surface area contributed by atoms with E-state index in [0.29, 0.717) is 28.3 Å². The number of nitrogens with zero attached hydrogens (tertiary/aromatic N) is 4. The Bertz CT molecular complexity index is 1280. The number of amides is 1. The minimum Gasteiger partial charge on any atom is -0.355 e. The minimum atomic E-state index is -0.0640. The Labute approximate surface area is 225 Å². The maximum Gasteiger partial charge on any atom is 0.230 e. The molecule has 1 unspecified atom stereocenters. The molecule has 0 spiro atoms. The Balaban J connectivity index is 1.44. The van der Waals surface area contributed by atoms with Gasteiger partial charge in [0.05, 0.1) is 12.3 Å². The number of carbonyl (C=O) groups is 1. The van der Waals surface area contributed by atoms with E-state index in [9.17, 15) is 4.79 Å². The highest BCUT2D eigenvalue weighted by Gasteiger charge is 2.18. The summed E-state index contributed by atoms with van der Waals surface area (Å²) in [7, 11) is 0. The van der Waals surface area contributed by atoms with E-state index in [0.717, 1.165) is 35.4 Å². The summed E-state index contributed by atoms with van der Waals surface area (Å²) in [6.07, 6.45) is 5.36. The van der Waals surface area contributed by atoms with Gasteiger partial charge < -0.3 is 5.32 Å². The molecule has 1 atom stereocenters. The molecule has 2 aromatic carbocycles. The van der Waals surface area contributed by atoms with E-state index in [4.69, 9.17) is 23.2 Å². The van der Waals surface area contributed by atoms with Crippen LogP contribution in [-0.2, 0) is 11.3 Å². The molecule has 186 valence electrons. The van der Waals surface area contributed by atoms with E-state index in [2.05, 4.69) is 39.6 Å². The summed E-state index contributed by atoms with van der Waals surface area (Å²) in [6, 6.07) is 19.5. The summed E-state index contributed by atoms with van der Waals surface area (Å²) >= 11 is 13.9. The standard InChI is InChI=1S/C27H27Cl2N5OS/c1-2-6-21(23-10-9-22(28)15-24(23)29)16-31-25(35)18-36-27-33-32-26(20-11-13-30-14-12-20)34(27)17-19-7-4-3-5-8-19/h3-5,7-15,21H,2,6,16-18H2,1H3,(H,31,35). The third-order valence-corrected chi connectivity index (χ3v) is 7.29. The van der Waals surface area contributed by atoms with Crippen LogP contribution in [0.3, 0.4) is 0 Å². The summed E-state index contributed by atoms with van der Waals surface area (Å²) in [5.41, 5.74) is 3.05. The number of rotatable bonds is 11. The van der Waals surface area contributed by atoms with E-state index < -0.39 is 0 Å². The first-order valence-corrected chi connectivity index (χ1v) is 13.5. The average Bonchev–Trinajstić information content (AvgIpc) is 3.29. The lowest BCUT2D eigenvalue weighted by Gasteiger charge is -2.19. The van der Waals surface area contributed by atoms with Gasteiger partial charge in [-0.15, -0.1) is 10.2 Å². The molecule has 36 heavy (non-hydrogen) atoms. The first-order valence-electron chi connectivity index (χ1n) is 11.8. The smallest absolute Gasteiger partial charge is 0.230 e. The Morgan fingerprint density at radius 3 is 2.56 bits per heavy atom. The number of nitrogens with one attached hydrogen (secondary N) is 1.